The molecule has 0 radical (unpaired) electrons. The number of amides is 6. The first kappa shape index (κ1) is 36.5. The first-order valence-electron chi connectivity index (χ1n) is 19.3. The number of fused-ring (bicyclic) bond motifs is 3. The van der Waals surface area contributed by atoms with Crippen LogP contribution in [0.3, 0.4) is 0 Å². The van der Waals surface area contributed by atoms with Crippen molar-refractivity contribution in [2.45, 2.75) is 144 Å². The molecule has 0 bridgehead atoms. The molecule has 14 nitrogen and oxygen atoms in total. The van der Waals surface area contributed by atoms with Crippen molar-refractivity contribution in [3.05, 3.63) is 35.4 Å². The molecule has 284 valence electrons. The second-order valence-electron chi connectivity index (χ2n) is 15.7. The monoisotopic (exact) mass is 740 g/mol. The van der Waals surface area contributed by atoms with Crippen LogP contribution in [0, 0.1) is 5.92 Å². The molecule has 5 fully saturated rings. The van der Waals surface area contributed by atoms with E-state index in [0.29, 0.717) is 58.0 Å². The SMILES string of the molecule is O=C(NC1CCCC1)N[C@H]1CCCCCCC[C@@H]2C[C@@]2(C(=O)NS(=O)(=O)C2CC2)NC(=O)[C@@H]2C[C@@H](OC(=O)N3CCc4ccccc4C3)CN2C1=O. The molecule has 15 heteroatoms. The Kier molecular flexibility index (Phi) is 10.7. The summed E-state index contributed by atoms with van der Waals surface area (Å²) in [4.78, 5) is 72.0. The second-order valence-corrected chi connectivity index (χ2v) is 17.7. The van der Waals surface area contributed by atoms with Crippen LogP contribution in [0.4, 0.5) is 9.59 Å². The maximum absolute atomic E-state index is 14.4. The Hall–Kier alpha value is -3.88. The van der Waals surface area contributed by atoms with E-state index in [4.69, 9.17) is 4.74 Å². The van der Waals surface area contributed by atoms with Gasteiger partial charge < -0.3 is 30.5 Å². The van der Waals surface area contributed by atoms with Crippen LogP contribution in [0.2, 0.25) is 0 Å². The van der Waals surface area contributed by atoms with Gasteiger partial charge in [-0.05, 0) is 68.4 Å². The van der Waals surface area contributed by atoms with E-state index in [1.54, 1.807) is 4.90 Å². The highest BCUT2D eigenvalue weighted by molar-refractivity contribution is 7.91. The van der Waals surface area contributed by atoms with Gasteiger partial charge in [0, 0.05) is 25.6 Å². The van der Waals surface area contributed by atoms with Crippen molar-refractivity contribution in [2.75, 3.05) is 13.1 Å². The predicted molar refractivity (Wildman–Crippen MR) is 190 cm³/mol. The molecule has 7 rings (SSSR count). The van der Waals surface area contributed by atoms with Gasteiger partial charge in [-0.3, -0.25) is 19.1 Å². The summed E-state index contributed by atoms with van der Waals surface area (Å²) in [5.74, 6) is -2.05. The molecule has 6 amide bonds. The molecule has 5 atom stereocenters. The van der Waals surface area contributed by atoms with Crippen LogP contribution in [0.5, 0.6) is 0 Å². The van der Waals surface area contributed by atoms with Crippen LogP contribution < -0.4 is 20.7 Å². The predicted octanol–water partition coefficient (Wildman–Crippen LogP) is 2.99. The number of nitrogens with zero attached hydrogens (tertiary/aromatic N) is 2. The summed E-state index contributed by atoms with van der Waals surface area (Å²) in [7, 11) is -3.86. The first-order chi connectivity index (χ1) is 25.0. The van der Waals surface area contributed by atoms with Gasteiger partial charge in [-0.2, -0.15) is 0 Å². The summed E-state index contributed by atoms with van der Waals surface area (Å²) in [6.07, 6.45) is 9.60. The summed E-state index contributed by atoms with van der Waals surface area (Å²) in [6.45, 7) is 0.799. The second kappa shape index (κ2) is 15.2. The van der Waals surface area contributed by atoms with Gasteiger partial charge in [0.05, 0.1) is 11.8 Å². The standard InChI is InChI=1S/C37H52N6O8S/c44-32-31-20-28(51-36(48)42-19-18-24-10-6-7-11-25(24)22-42)23-43(31)33(45)30(39-35(47)38-27-13-8-9-14-27)15-5-3-1-2-4-12-26-21-37(26,40-32)34(46)41-52(49,50)29-16-17-29/h6-7,10-11,26-31H,1-5,8-9,12-23H2,(H,40,44)(H,41,46)(H2,38,39,47)/t26-,28-,30+,31+,37-/m1/s1. The van der Waals surface area contributed by atoms with Crippen molar-refractivity contribution >= 4 is 39.9 Å². The van der Waals surface area contributed by atoms with Gasteiger partial charge in [0.2, 0.25) is 21.8 Å². The summed E-state index contributed by atoms with van der Waals surface area (Å²) in [6, 6.07) is 5.52. The van der Waals surface area contributed by atoms with E-state index in [-0.39, 0.29) is 24.9 Å². The smallest absolute Gasteiger partial charge is 0.410 e. The summed E-state index contributed by atoms with van der Waals surface area (Å²) in [5.41, 5.74) is 0.802. The number of ether oxygens (including phenoxy) is 1. The van der Waals surface area contributed by atoms with Crippen LogP contribution >= 0.6 is 0 Å². The van der Waals surface area contributed by atoms with Crippen molar-refractivity contribution in [3.8, 4) is 0 Å². The Balaban J connectivity index is 1.11. The number of carbonyl (C=O) groups is 5. The quantitative estimate of drug-likeness (QED) is 0.343. The van der Waals surface area contributed by atoms with E-state index < -0.39 is 68.8 Å². The summed E-state index contributed by atoms with van der Waals surface area (Å²) >= 11 is 0. The van der Waals surface area contributed by atoms with Crippen LogP contribution in [0.25, 0.3) is 0 Å². The average Bonchev–Trinajstić information content (AvgIpc) is 4.00. The fourth-order valence-corrected chi connectivity index (χ4v) is 9.94. The minimum Gasteiger partial charge on any atom is -0.444 e. The van der Waals surface area contributed by atoms with E-state index in [9.17, 15) is 32.4 Å². The molecule has 0 aromatic heterocycles. The zero-order chi connectivity index (χ0) is 36.5. The van der Waals surface area contributed by atoms with Gasteiger partial charge in [0.15, 0.2) is 0 Å². The number of nitrogens with one attached hydrogen (secondary N) is 4. The third-order valence-electron chi connectivity index (χ3n) is 11.9. The van der Waals surface area contributed by atoms with Crippen molar-refractivity contribution in [1.82, 2.24) is 30.5 Å². The molecule has 52 heavy (non-hydrogen) atoms. The fraction of sp³-hybridized carbons (Fsp3) is 0.703. The highest BCUT2D eigenvalue weighted by Gasteiger charge is 2.62. The molecule has 4 N–H and O–H groups in total. The molecular formula is C37H52N6O8S. The van der Waals surface area contributed by atoms with Gasteiger partial charge in [0.1, 0.15) is 23.7 Å². The molecule has 3 heterocycles. The van der Waals surface area contributed by atoms with Gasteiger partial charge in [-0.1, -0.05) is 69.2 Å². The Bertz CT molecular complexity index is 1660. The van der Waals surface area contributed by atoms with Crippen LogP contribution in [-0.2, 0) is 42.1 Å². The highest BCUT2D eigenvalue weighted by Crippen LogP contribution is 2.48. The molecular weight excluding hydrogens is 689 g/mol. The molecule has 3 aliphatic heterocycles. The normalized spacial score (nSPS) is 30.1. The zero-order valence-corrected chi connectivity index (χ0v) is 30.6. The Morgan fingerprint density at radius 1 is 0.865 bits per heavy atom. The lowest BCUT2D eigenvalue weighted by atomic mass is 10.0. The van der Waals surface area contributed by atoms with E-state index in [1.165, 1.54) is 10.5 Å². The minimum absolute atomic E-state index is 0.00251. The van der Waals surface area contributed by atoms with E-state index >= 15 is 0 Å². The summed E-state index contributed by atoms with van der Waals surface area (Å²) in [5, 5.41) is 8.19. The molecule has 0 unspecified atom stereocenters. The Morgan fingerprint density at radius 3 is 2.31 bits per heavy atom. The fourth-order valence-electron chi connectivity index (χ4n) is 8.58. The molecule has 6 aliphatic rings. The van der Waals surface area contributed by atoms with Crippen LogP contribution in [0.1, 0.15) is 107 Å². The zero-order valence-electron chi connectivity index (χ0n) is 29.8. The highest BCUT2D eigenvalue weighted by atomic mass is 32.2. The number of benzene rings is 1. The number of rotatable bonds is 6. The van der Waals surface area contributed by atoms with Gasteiger partial charge >= 0.3 is 12.1 Å². The Labute approximate surface area is 305 Å². The van der Waals surface area contributed by atoms with Crippen molar-refractivity contribution in [1.29, 1.82) is 0 Å². The van der Waals surface area contributed by atoms with E-state index in [0.717, 1.165) is 56.9 Å². The summed E-state index contributed by atoms with van der Waals surface area (Å²) < 4.78 is 33.8. The molecule has 1 aromatic carbocycles. The number of sulfonamides is 1. The number of hydrogen-bond donors (Lipinski definition) is 4. The maximum Gasteiger partial charge on any atom is 0.410 e. The number of urea groups is 1. The van der Waals surface area contributed by atoms with Gasteiger partial charge in [-0.15, -0.1) is 0 Å². The van der Waals surface area contributed by atoms with Crippen LogP contribution in [-0.4, -0.2) is 96.2 Å². The third-order valence-corrected chi connectivity index (χ3v) is 13.7. The first-order valence-corrected chi connectivity index (χ1v) is 20.8. The number of hydrogen-bond acceptors (Lipinski definition) is 8. The largest absolute Gasteiger partial charge is 0.444 e. The van der Waals surface area contributed by atoms with Gasteiger partial charge in [-0.25, -0.2) is 18.0 Å². The molecule has 2 saturated heterocycles. The van der Waals surface area contributed by atoms with Crippen molar-refractivity contribution in [3.63, 3.8) is 0 Å². The molecule has 0 spiro atoms. The maximum atomic E-state index is 14.4. The third kappa shape index (κ3) is 8.18. The van der Waals surface area contributed by atoms with Crippen molar-refractivity contribution in [2.24, 2.45) is 5.92 Å². The van der Waals surface area contributed by atoms with E-state index in [1.807, 2.05) is 24.3 Å². The topological polar surface area (TPSA) is 183 Å². The molecule has 3 saturated carbocycles. The number of carbonyl (C=O) groups excluding carboxylic acids is 5. The van der Waals surface area contributed by atoms with Gasteiger partial charge in [0.25, 0.3) is 5.91 Å². The van der Waals surface area contributed by atoms with Crippen LogP contribution in [0.15, 0.2) is 24.3 Å². The molecule has 3 aliphatic carbocycles. The van der Waals surface area contributed by atoms with Crippen molar-refractivity contribution < 1.29 is 37.1 Å². The lowest BCUT2D eigenvalue weighted by molar-refractivity contribution is -0.141. The lowest BCUT2D eigenvalue weighted by Crippen LogP contribution is -2.59. The Morgan fingerprint density at radius 2 is 1.56 bits per heavy atom. The lowest BCUT2D eigenvalue weighted by Gasteiger charge is -2.30. The molecule has 1 aromatic rings. The van der Waals surface area contributed by atoms with E-state index in [2.05, 4.69) is 20.7 Å². The minimum atomic E-state index is -3.86. The average molecular weight is 741 g/mol.